The van der Waals surface area contributed by atoms with Gasteiger partial charge >= 0.3 is 0 Å². The molecule has 0 unspecified atom stereocenters. The Morgan fingerprint density at radius 1 is 1.12 bits per heavy atom. The molecule has 1 saturated heterocycles. The Morgan fingerprint density at radius 2 is 1.67 bits per heavy atom. The SMILES string of the molecule is O=C1[C@H]2[C@H](C(=O)N1C[C@H](O)c1ccc([N+](=O)[O-])cc1)[C@H]1C=C[C@H]2C1. The molecule has 1 N–H and O–H groups in total. The molecular weight excluding hydrogens is 312 g/mol. The molecule has 1 heterocycles. The molecule has 2 bridgehead atoms. The summed E-state index contributed by atoms with van der Waals surface area (Å²) in [5.74, 6) is -0.699. The summed E-state index contributed by atoms with van der Waals surface area (Å²) >= 11 is 0. The van der Waals surface area contributed by atoms with Crippen LogP contribution in [0.2, 0.25) is 0 Å². The Balaban J connectivity index is 1.50. The summed E-state index contributed by atoms with van der Waals surface area (Å²) in [6.45, 7) is -0.109. The summed E-state index contributed by atoms with van der Waals surface area (Å²) < 4.78 is 0. The molecular formula is C17H16N2O5. The van der Waals surface area contributed by atoms with Gasteiger partial charge in [-0.1, -0.05) is 12.2 Å². The van der Waals surface area contributed by atoms with E-state index in [0.29, 0.717) is 5.56 Å². The van der Waals surface area contributed by atoms with Crippen LogP contribution in [0.25, 0.3) is 0 Å². The van der Waals surface area contributed by atoms with Gasteiger partial charge in [0.1, 0.15) is 0 Å². The van der Waals surface area contributed by atoms with E-state index in [4.69, 9.17) is 0 Å². The van der Waals surface area contributed by atoms with Crippen LogP contribution in [0.3, 0.4) is 0 Å². The van der Waals surface area contributed by atoms with Gasteiger partial charge in [-0.15, -0.1) is 0 Å². The largest absolute Gasteiger partial charge is 0.387 e. The summed E-state index contributed by atoms with van der Waals surface area (Å²) in [7, 11) is 0. The van der Waals surface area contributed by atoms with E-state index < -0.39 is 11.0 Å². The van der Waals surface area contributed by atoms with Crippen LogP contribution in [-0.4, -0.2) is 33.3 Å². The molecule has 0 spiro atoms. The number of non-ortho nitro benzene ring substituents is 1. The monoisotopic (exact) mass is 328 g/mol. The third-order valence-electron chi connectivity index (χ3n) is 5.41. The minimum Gasteiger partial charge on any atom is -0.387 e. The third-order valence-corrected chi connectivity index (χ3v) is 5.41. The maximum absolute atomic E-state index is 12.6. The first-order valence-electron chi connectivity index (χ1n) is 7.93. The summed E-state index contributed by atoms with van der Waals surface area (Å²) in [5.41, 5.74) is 0.371. The number of benzene rings is 1. The Kier molecular flexibility index (Phi) is 3.28. The van der Waals surface area contributed by atoms with E-state index >= 15 is 0 Å². The van der Waals surface area contributed by atoms with Gasteiger partial charge in [-0.05, 0) is 36.0 Å². The molecule has 0 aromatic heterocycles. The van der Waals surface area contributed by atoms with Crippen LogP contribution in [0.4, 0.5) is 5.69 Å². The maximum atomic E-state index is 12.6. The molecule has 7 nitrogen and oxygen atoms in total. The molecule has 7 heteroatoms. The number of hydrogen-bond donors (Lipinski definition) is 1. The molecule has 4 rings (SSSR count). The van der Waals surface area contributed by atoms with Crippen molar-refractivity contribution >= 4 is 17.5 Å². The molecule has 3 aliphatic rings. The standard InChI is InChI=1S/C17H16N2O5/c20-13(9-3-5-12(6-4-9)19(23)24)8-18-16(21)14-10-1-2-11(7-10)15(14)17(18)22/h1-6,10-11,13-15,20H,7-8H2/t10-,11-,13-,14+,15+/m0/s1. The summed E-state index contributed by atoms with van der Waals surface area (Å²) in [6, 6.07) is 5.48. The predicted octanol–water partition coefficient (Wildman–Crippen LogP) is 1.44. The molecule has 5 atom stereocenters. The number of likely N-dealkylation sites (tertiary alicyclic amines) is 1. The number of hydrogen-bond acceptors (Lipinski definition) is 5. The molecule has 0 radical (unpaired) electrons. The predicted molar refractivity (Wildman–Crippen MR) is 82.5 cm³/mol. The first kappa shape index (κ1) is 15.0. The number of nitro groups is 1. The van der Waals surface area contributed by atoms with Gasteiger partial charge in [-0.2, -0.15) is 0 Å². The molecule has 1 aromatic carbocycles. The van der Waals surface area contributed by atoms with Crippen molar-refractivity contribution < 1.29 is 19.6 Å². The number of carbonyl (C=O) groups is 2. The second kappa shape index (κ2) is 5.24. The topological polar surface area (TPSA) is 101 Å². The zero-order chi connectivity index (χ0) is 17.0. The first-order valence-corrected chi connectivity index (χ1v) is 7.93. The van der Waals surface area contributed by atoms with Crippen molar-refractivity contribution in [3.05, 3.63) is 52.1 Å². The number of nitrogens with zero attached hydrogens (tertiary/aromatic N) is 2. The molecule has 124 valence electrons. The Labute approximate surface area is 137 Å². The highest BCUT2D eigenvalue weighted by Gasteiger charge is 2.59. The fraction of sp³-hybridized carbons (Fsp3) is 0.412. The maximum Gasteiger partial charge on any atom is 0.269 e. The van der Waals surface area contributed by atoms with Crippen LogP contribution in [-0.2, 0) is 9.59 Å². The van der Waals surface area contributed by atoms with Gasteiger partial charge < -0.3 is 5.11 Å². The first-order chi connectivity index (χ1) is 11.5. The molecule has 1 aromatic rings. The van der Waals surface area contributed by atoms with Crippen LogP contribution < -0.4 is 0 Å². The average Bonchev–Trinajstić information content (AvgIpc) is 3.24. The fourth-order valence-electron chi connectivity index (χ4n) is 4.24. The highest BCUT2D eigenvalue weighted by molar-refractivity contribution is 6.06. The lowest BCUT2D eigenvalue weighted by Gasteiger charge is -2.20. The lowest BCUT2D eigenvalue weighted by molar-refractivity contribution is -0.384. The average molecular weight is 328 g/mol. The van der Waals surface area contributed by atoms with E-state index in [1.54, 1.807) is 0 Å². The zero-order valence-electron chi connectivity index (χ0n) is 12.7. The van der Waals surface area contributed by atoms with Crippen molar-refractivity contribution in [3.63, 3.8) is 0 Å². The van der Waals surface area contributed by atoms with Crippen LogP contribution in [0, 0.1) is 33.8 Å². The number of imide groups is 1. The van der Waals surface area contributed by atoms with Gasteiger partial charge in [0.25, 0.3) is 5.69 Å². The number of nitro benzene ring substituents is 1. The second-order valence-electron chi connectivity index (χ2n) is 6.65. The van der Waals surface area contributed by atoms with Crippen molar-refractivity contribution in [2.45, 2.75) is 12.5 Å². The van der Waals surface area contributed by atoms with Gasteiger partial charge in [0.2, 0.25) is 11.8 Å². The molecule has 2 fully saturated rings. The summed E-state index contributed by atoms with van der Waals surface area (Å²) in [5, 5.41) is 21.0. The van der Waals surface area contributed by atoms with E-state index in [1.165, 1.54) is 24.3 Å². The van der Waals surface area contributed by atoms with E-state index in [9.17, 15) is 24.8 Å². The number of allylic oxidation sites excluding steroid dienone is 2. The Bertz CT molecular complexity index is 727. The zero-order valence-corrected chi connectivity index (χ0v) is 12.7. The number of fused-ring (bicyclic) bond motifs is 5. The normalized spacial score (nSPS) is 31.6. The van der Waals surface area contributed by atoms with Gasteiger partial charge in [0.15, 0.2) is 0 Å². The van der Waals surface area contributed by atoms with E-state index in [-0.39, 0.29) is 47.7 Å². The molecule has 1 saturated carbocycles. The summed E-state index contributed by atoms with van der Waals surface area (Å²) in [4.78, 5) is 36.4. The Hall–Kier alpha value is -2.54. The van der Waals surface area contributed by atoms with Gasteiger partial charge in [-0.3, -0.25) is 24.6 Å². The van der Waals surface area contributed by atoms with Gasteiger partial charge in [0.05, 0.1) is 29.4 Å². The quantitative estimate of drug-likeness (QED) is 0.390. The Morgan fingerprint density at radius 3 is 2.17 bits per heavy atom. The van der Waals surface area contributed by atoms with Gasteiger partial charge in [-0.25, -0.2) is 0 Å². The number of β-amino-alcohol motifs (C(OH)–C–C–N with tert-alkyl or cyclic N) is 1. The van der Waals surface area contributed by atoms with E-state index in [0.717, 1.165) is 11.3 Å². The van der Waals surface area contributed by atoms with Crippen LogP contribution in [0.5, 0.6) is 0 Å². The number of aliphatic hydroxyl groups is 1. The molecule has 1 aliphatic heterocycles. The van der Waals surface area contributed by atoms with Crippen molar-refractivity contribution in [2.24, 2.45) is 23.7 Å². The summed E-state index contributed by atoms with van der Waals surface area (Å²) in [6.07, 6.45) is 3.86. The molecule has 24 heavy (non-hydrogen) atoms. The number of aliphatic hydroxyl groups excluding tert-OH is 1. The minimum absolute atomic E-state index is 0.0727. The lowest BCUT2D eigenvalue weighted by Crippen LogP contribution is -2.36. The highest BCUT2D eigenvalue weighted by Crippen LogP contribution is 2.52. The molecule has 2 amide bonds. The minimum atomic E-state index is -1.05. The number of carbonyl (C=O) groups excluding carboxylic acids is 2. The van der Waals surface area contributed by atoms with Crippen molar-refractivity contribution in [1.29, 1.82) is 0 Å². The fourth-order valence-corrected chi connectivity index (χ4v) is 4.24. The lowest BCUT2D eigenvalue weighted by atomic mass is 9.85. The van der Waals surface area contributed by atoms with E-state index in [1.807, 2.05) is 12.2 Å². The van der Waals surface area contributed by atoms with E-state index in [2.05, 4.69) is 0 Å². The number of amides is 2. The van der Waals surface area contributed by atoms with Crippen molar-refractivity contribution in [2.75, 3.05) is 6.54 Å². The van der Waals surface area contributed by atoms with Crippen LogP contribution in [0.15, 0.2) is 36.4 Å². The smallest absolute Gasteiger partial charge is 0.269 e. The van der Waals surface area contributed by atoms with Crippen LogP contribution >= 0.6 is 0 Å². The number of rotatable bonds is 4. The van der Waals surface area contributed by atoms with Crippen molar-refractivity contribution in [1.82, 2.24) is 4.90 Å². The van der Waals surface area contributed by atoms with Crippen molar-refractivity contribution in [3.8, 4) is 0 Å². The second-order valence-corrected chi connectivity index (χ2v) is 6.65. The molecule has 2 aliphatic carbocycles. The van der Waals surface area contributed by atoms with Crippen LogP contribution in [0.1, 0.15) is 18.1 Å². The third kappa shape index (κ3) is 2.08. The van der Waals surface area contributed by atoms with Gasteiger partial charge in [0, 0.05) is 12.1 Å². The highest BCUT2D eigenvalue weighted by atomic mass is 16.6.